The second kappa shape index (κ2) is 6.08. The van der Waals surface area contributed by atoms with Gasteiger partial charge in [0.15, 0.2) is 11.6 Å². The second-order valence-corrected chi connectivity index (χ2v) is 4.13. The third-order valence-corrected chi connectivity index (χ3v) is 2.71. The lowest BCUT2D eigenvalue weighted by Gasteiger charge is -2.11. The van der Waals surface area contributed by atoms with Crippen LogP contribution < -0.4 is 21.1 Å². The number of hydrogen-bond acceptors (Lipinski definition) is 3. The van der Waals surface area contributed by atoms with E-state index in [4.69, 9.17) is 10.5 Å². The lowest BCUT2D eigenvalue weighted by atomic mass is 10.2. The number of rotatable bonds is 3. The Morgan fingerprint density at radius 2 is 1.76 bits per heavy atom. The minimum absolute atomic E-state index is 0.0706. The number of urea groups is 1. The molecule has 0 aliphatic heterocycles. The van der Waals surface area contributed by atoms with Crippen LogP contribution in [0.2, 0.25) is 0 Å². The normalized spacial score (nSPS) is 10.0. The highest BCUT2D eigenvalue weighted by atomic mass is 19.2. The van der Waals surface area contributed by atoms with Crippen molar-refractivity contribution in [2.24, 2.45) is 0 Å². The van der Waals surface area contributed by atoms with Gasteiger partial charge in [-0.2, -0.15) is 0 Å². The summed E-state index contributed by atoms with van der Waals surface area (Å²) in [5.41, 5.74) is 5.49. The number of carbonyl (C=O) groups is 1. The van der Waals surface area contributed by atoms with Crippen molar-refractivity contribution in [2.75, 3.05) is 23.5 Å². The summed E-state index contributed by atoms with van der Waals surface area (Å²) in [4.78, 5) is 11.8. The van der Waals surface area contributed by atoms with Gasteiger partial charge in [-0.3, -0.25) is 0 Å². The van der Waals surface area contributed by atoms with Crippen molar-refractivity contribution in [3.8, 4) is 5.75 Å². The van der Waals surface area contributed by atoms with Crippen molar-refractivity contribution in [3.63, 3.8) is 0 Å². The summed E-state index contributed by atoms with van der Waals surface area (Å²) >= 11 is 0. The summed E-state index contributed by atoms with van der Waals surface area (Å²) in [5.74, 6) is -1.68. The summed E-state index contributed by atoms with van der Waals surface area (Å²) in [7, 11) is 1.52. The maximum absolute atomic E-state index is 13.5. The number of anilines is 3. The number of benzene rings is 2. The topological polar surface area (TPSA) is 76.4 Å². The maximum atomic E-state index is 13.5. The van der Waals surface area contributed by atoms with Crippen LogP contribution in [0.15, 0.2) is 36.4 Å². The third kappa shape index (κ3) is 3.38. The number of nitrogens with two attached hydrogens (primary N) is 1. The van der Waals surface area contributed by atoms with E-state index >= 15 is 0 Å². The molecule has 0 aliphatic rings. The Kier molecular flexibility index (Phi) is 4.22. The number of hydrogen-bond donors (Lipinski definition) is 3. The number of nitrogens with one attached hydrogen (secondary N) is 2. The fourth-order valence-corrected chi connectivity index (χ4v) is 1.64. The zero-order chi connectivity index (χ0) is 15.4. The second-order valence-electron chi connectivity index (χ2n) is 4.13. The fraction of sp³-hybridized carbons (Fsp3) is 0.0714. The molecule has 21 heavy (non-hydrogen) atoms. The first-order chi connectivity index (χ1) is 10.0. The highest BCUT2D eigenvalue weighted by Gasteiger charge is 2.14. The minimum atomic E-state index is -1.21. The van der Waals surface area contributed by atoms with Gasteiger partial charge in [0, 0.05) is 5.69 Å². The van der Waals surface area contributed by atoms with E-state index in [0.29, 0.717) is 11.4 Å². The number of methoxy groups -OCH3 is 1. The summed E-state index contributed by atoms with van der Waals surface area (Å²) in [6, 6.07) is 7.81. The van der Waals surface area contributed by atoms with Crippen molar-refractivity contribution in [1.82, 2.24) is 0 Å². The predicted octanol–water partition coefficient (Wildman–Crippen LogP) is 3.20. The van der Waals surface area contributed by atoms with Crippen LogP contribution in [0.25, 0.3) is 0 Å². The number of amides is 2. The molecule has 0 atom stereocenters. The standard InChI is InChI=1S/C14H13F2N3O2/c1-21-9-4-2-8(3-5-9)18-14(20)19-13-11(17)7-6-10(15)12(13)16/h2-7H,17H2,1H3,(H2,18,19,20). The van der Waals surface area contributed by atoms with Crippen molar-refractivity contribution in [2.45, 2.75) is 0 Å². The minimum Gasteiger partial charge on any atom is -0.497 e. The van der Waals surface area contributed by atoms with Crippen LogP contribution in [-0.4, -0.2) is 13.1 Å². The van der Waals surface area contributed by atoms with Crippen molar-refractivity contribution < 1.29 is 18.3 Å². The third-order valence-electron chi connectivity index (χ3n) is 2.71. The molecule has 0 fully saturated rings. The Morgan fingerprint density at radius 3 is 2.38 bits per heavy atom. The average Bonchev–Trinajstić information content (AvgIpc) is 2.48. The van der Waals surface area contributed by atoms with E-state index in [-0.39, 0.29) is 5.69 Å². The van der Waals surface area contributed by atoms with Crippen LogP contribution in [0.1, 0.15) is 0 Å². The SMILES string of the molecule is COc1ccc(NC(=O)Nc2c(N)ccc(F)c2F)cc1. The van der Waals surface area contributed by atoms with E-state index in [1.807, 2.05) is 0 Å². The lowest BCUT2D eigenvalue weighted by Crippen LogP contribution is -2.21. The van der Waals surface area contributed by atoms with Gasteiger partial charge in [0.05, 0.1) is 12.8 Å². The van der Waals surface area contributed by atoms with Crippen LogP contribution in [0.3, 0.4) is 0 Å². The fourth-order valence-electron chi connectivity index (χ4n) is 1.64. The number of nitrogen functional groups attached to an aromatic ring is 1. The molecule has 2 rings (SSSR count). The summed E-state index contributed by atoms with van der Waals surface area (Å²) in [6.07, 6.45) is 0. The van der Waals surface area contributed by atoms with Crippen LogP contribution in [0.5, 0.6) is 5.75 Å². The molecule has 0 bridgehead atoms. The first-order valence-electron chi connectivity index (χ1n) is 5.97. The van der Waals surface area contributed by atoms with Crippen LogP contribution >= 0.6 is 0 Å². The Bertz CT molecular complexity index is 660. The molecule has 0 radical (unpaired) electrons. The molecule has 0 heterocycles. The molecule has 2 aromatic rings. The largest absolute Gasteiger partial charge is 0.497 e. The molecule has 2 aromatic carbocycles. The van der Waals surface area contributed by atoms with Crippen LogP contribution in [-0.2, 0) is 0 Å². The highest BCUT2D eigenvalue weighted by molar-refractivity contribution is 6.01. The number of ether oxygens (including phenoxy) is 1. The van der Waals surface area contributed by atoms with Gasteiger partial charge in [-0.25, -0.2) is 13.6 Å². The molecule has 0 spiro atoms. The Labute approximate surface area is 119 Å². The molecular formula is C14H13F2N3O2. The van der Waals surface area contributed by atoms with Gasteiger partial charge in [-0.15, -0.1) is 0 Å². The summed E-state index contributed by atoms with van der Waals surface area (Å²) < 4.78 is 31.6. The summed E-state index contributed by atoms with van der Waals surface area (Å²) in [6.45, 7) is 0. The molecule has 5 nitrogen and oxygen atoms in total. The molecule has 0 aliphatic carbocycles. The molecule has 2 amide bonds. The number of carbonyl (C=O) groups excluding carboxylic acids is 1. The average molecular weight is 293 g/mol. The maximum Gasteiger partial charge on any atom is 0.323 e. The Morgan fingerprint density at radius 1 is 1.10 bits per heavy atom. The molecule has 0 aromatic heterocycles. The van der Waals surface area contributed by atoms with Crippen molar-refractivity contribution >= 4 is 23.1 Å². The monoisotopic (exact) mass is 293 g/mol. The quantitative estimate of drug-likeness (QED) is 0.761. The summed E-state index contributed by atoms with van der Waals surface area (Å²) in [5, 5.41) is 4.64. The molecule has 4 N–H and O–H groups in total. The molecule has 0 saturated carbocycles. The predicted molar refractivity (Wildman–Crippen MR) is 76.4 cm³/mol. The zero-order valence-corrected chi connectivity index (χ0v) is 11.1. The van der Waals surface area contributed by atoms with E-state index in [1.54, 1.807) is 24.3 Å². The van der Waals surface area contributed by atoms with E-state index < -0.39 is 23.4 Å². The van der Waals surface area contributed by atoms with Crippen molar-refractivity contribution in [1.29, 1.82) is 0 Å². The van der Waals surface area contributed by atoms with Crippen molar-refractivity contribution in [3.05, 3.63) is 48.0 Å². The molecular weight excluding hydrogens is 280 g/mol. The van der Waals surface area contributed by atoms with Crippen LogP contribution in [0.4, 0.5) is 30.6 Å². The zero-order valence-electron chi connectivity index (χ0n) is 11.1. The van der Waals surface area contributed by atoms with Gasteiger partial charge in [0.2, 0.25) is 0 Å². The molecule has 110 valence electrons. The van der Waals surface area contributed by atoms with E-state index in [1.165, 1.54) is 13.2 Å². The van der Waals surface area contributed by atoms with E-state index in [9.17, 15) is 13.6 Å². The van der Waals surface area contributed by atoms with Gasteiger partial charge in [-0.1, -0.05) is 0 Å². The van der Waals surface area contributed by atoms with Gasteiger partial charge < -0.3 is 21.1 Å². The van der Waals surface area contributed by atoms with E-state index in [2.05, 4.69) is 10.6 Å². The Hall–Kier alpha value is -2.83. The Balaban J connectivity index is 2.09. The first kappa shape index (κ1) is 14.6. The molecule has 0 unspecified atom stereocenters. The lowest BCUT2D eigenvalue weighted by molar-refractivity contribution is 0.262. The smallest absolute Gasteiger partial charge is 0.323 e. The van der Waals surface area contributed by atoms with Gasteiger partial charge in [0.25, 0.3) is 0 Å². The van der Waals surface area contributed by atoms with Gasteiger partial charge in [-0.05, 0) is 36.4 Å². The van der Waals surface area contributed by atoms with E-state index in [0.717, 1.165) is 6.07 Å². The van der Waals surface area contributed by atoms with Crippen LogP contribution in [0, 0.1) is 11.6 Å². The number of halogens is 2. The first-order valence-corrected chi connectivity index (χ1v) is 5.97. The molecule has 0 saturated heterocycles. The van der Waals surface area contributed by atoms with Gasteiger partial charge in [0.1, 0.15) is 11.4 Å². The molecule has 7 heteroatoms. The van der Waals surface area contributed by atoms with Gasteiger partial charge >= 0.3 is 6.03 Å². The highest BCUT2D eigenvalue weighted by Crippen LogP contribution is 2.24.